The van der Waals surface area contributed by atoms with Gasteiger partial charge in [0.05, 0.1) is 6.10 Å². The lowest BCUT2D eigenvalue weighted by atomic mass is 10.1. The molecule has 0 radical (unpaired) electrons. The summed E-state index contributed by atoms with van der Waals surface area (Å²) in [5.41, 5.74) is 0. The Morgan fingerprint density at radius 3 is 2.75 bits per heavy atom. The first-order chi connectivity index (χ1) is 5.83. The van der Waals surface area contributed by atoms with Gasteiger partial charge in [0.2, 0.25) is 0 Å². The average Bonchev–Trinajstić information content (AvgIpc) is 2.16. The highest BCUT2D eigenvalue weighted by Gasteiger charge is 2.13. The van der Waals surface area contributed by atoms with Gasteiger partial charge in [-0.3, -0.25) is 0 Å². The number of methoxy groups -OCH3 is 1. The van der Waals surface area contributed by atoms with Gasteiger partial charge in [-0.05, 0) is 19.8 Å². The second-order valence-electron chi connectivity index (χ2n) is 3.34. The zero-order chi connectivity index (χ0) is 8.81. The van der Waals surface area contributed by atoms with Crippen LogP contribution in [0, 0.1) is 0 Å². The summed E-state index contributed by atoms with van der Waals surface area (Å²) in [6, 6.07) is 0.636. The highest BCUT2D eigenvalue weighted by atomic mass is 16.5. The summed E-state index contributed by atoms with van der Waals surface area (Å²) in [4.78, 5) is 0. The first-order valence-corrected chi connectivity index (χ1v) is 4.67. The number of nitrogens with one attached hydrogen (secondary N) is 1. The van der Waals surface area contributed by atoms with E-state index in [1.807, 2.05) is 0 Å². The third-order valence-corrected chi connectivity index (χ3v) is 2.32. The topological polar surface area (TPSA) is 30.5 Å². The molecule has 0 amide bonds. The third-order valence-electron chi connectivity index (χ3n) is 2.32. The highest BCUT2D eigenvalue weighted by Crippen LogP contribution is 2.05. The lowest BCUT2D eigenvalue weighted by molar-refractivity contribution is 0.0678. The minimum Gasteiger partial charge on any atom is -0.381 e. The minimum absolute atomic E-state index is 0.313. The Morgan fingerprint density at radius 2 is 2.17 bits per heavy atom. The Morgan fingerprint density at radius 1 is 1.50 bits per heavy atom. The van der Waals surface area contributed by atoms with Gasteiger partial charge in [-0.1, -0.05) is 0 Å². The van der Waals surface area contributed by atoms with Crippen LogP contribution in [0.15, 0.2) is 0 Å². The first-order valence-electron chi connectivity index (χ1n) is 4.67. The second kappa shape index (κ2) is 5.51. The fourth-order valence-corrected chi connectivity index (χ4v) is 1.32. The molecule has 0 aromatic rings. The van der Waals surface area contributed by atoms with Crippen LogP contribution >= 0.6 is 0 Å². The Labute approximate surface area is 74.4 Å². The Bertz CT molecular complexity index is 113. The Hall–Kier alpha value is -0.120. The van der Waals surface area contributed by atoms with E-state index >= 15 is 0 Å². The molecule has 0 unspecified atom stereocenters. The SMILES string of the molecule is CO[C@H](C)CNC1CCOCC1. The number of ether oxygens (including phenoxy) is 2. The molecule has 0 aromatic carbocycles. The van der Waals surface area contributed by atoms with Gasteiger partial charge in [0.1, 0.15) is 0 Å². The van der Waals surface area contributed by atoms with E-state index in [2.05, 4.69) is 12.2 Å². The summed E-state index contributed by atoms with van der Waals surface area (Å²) >= 11 is 0. The molecule has 1 aliphatic rings. The molecule has 0 saturated carbocycles. The predicted octanol–water partition coefficient (Wildman–Crippen LogP) is 0.790. The van der Waals surface area contributed by atoms with Crippen molar-refractivity contribution in [2.45, 2.75) is 31.9 Å². The van der Waals surface area contributed by atoms with Gasteiger partial charge >= 0.3 is 0 Å². The van der Waals surface area contributed by atoms with Crippen molar-refractivity contribution in [2.24, 2.45) is 0 Å². The van der Waals surface area contributed by atoms with E-state index in [0.29, 0.717) is 12.1 Å². The van der Waals surface area contributed by atoms with Gasteiger partial charge in [-0.2, -0.15) is 0 Å². The number of hydrogen-bond donors (Lipinski definition) is 1. The Balaban J connectivity index is 2.05. The van der Waals surface area contributed by atoms with Crippen LogP contribution in [0.1, 0.15) is 19.8 Å². The molecule has 0 aromatic heterocycles. The summed E-state index contributed by atoms with van der Waals surface area (Å²) in [5.74, 6) is 0. The maximum atomic E-state index is 5.26. The fraction of sp³-hybridized carbons (Fsp3) is 1.00. The fourth-order valence-electron chi connectivity index (χ4n) is 1.32. The van der Waals surface area contributed by atoms with Crippen molar-refractivity contribution in [1.82, 2.24) is 5.32 Å². The molecule has 3 nitrogen and oxygen atoms in total. The highest BCUT2D eigenvalue weighted by molar-refractivity contribution is 4.71. The number of rotatable bonds is 4. The van der Waals surface area contributed by atoms with Gasteiger partial charge in [-0.15, -0.1) is 0 Å². The van der Waals surface area contributed by atoms with E-state index in [0.717, 1.165) is 32.6 Å². The summed E-state index contributed by atoms with van der Waals surface area (Å²) in [6.45, 7) is 4.82. The molecule has 1 N–H and O–H groups in total. The van der Waals surface area contributed by atoms with Crippen LogP contribution in [0.3, 0.4) is 0 Å². The van der Waals surface area contributed by atoms with Gasteiger partial charge in [0, 0.05) is 32.9 Å². The van der Waals surface area contributed by atoms with Crippen molar-refractivity contribution in [3.63, 3.8) is 0 Å². The number of hydrogen-bond acceptors (Lipinski definition) is 3. The molecule has 1 fully saturated rings. The zero-order valence-corrected chi connectivity index (χ0v) is 8.01. The molecule has 12 heavy (non-hydrogen) atoms. The molecule has 1 saturated heterocycles. The molecule has 72 valence electrons. The van der Waals surface area contributed by atoms with E-state index < -0.39 is 0 Å². The van der Waals surface area contributed by atoms with Crippen molar-refractivity contribution in [3.05, 3.63) is 0 Å². The van der Waals surface area contributed by atoms with Crippen LogP contribution in [-0.2, 0) is 9.47 Å². The van der Waals surface area contributed by atoms with Crippen LogP contribution in [0.25, 0.3) is 0 Å². The zero-order valence-electron chi connectivity index (χ0n) is 8.01. The smallest absolute Gasteiger partial charge is 0.0667 e. The van der Waals surface area contributed by atoms with Crippen molar-refractivity contribution < 1.29 is 9.47 Å². The van der Waals surface area contributed by atoms with Gasteiger partial charge in [0.25, 0.3) is 0 Å². The quantitative estimate of drug-likeness (QED) is 0.682. The van der Waals surface area contributed by atoms with E-state index in [1.54, 1.807) is 7.11 Å². The van der Waals surface area contributed by atoms with Crippen LogP contribution in [0.4, 0.5) is 0 Å². The largest absolute Gasteiger partial charge is 0.381 e. The van der Waals surface area contributed by atoms with E-state index in [9.17, 15) is 0 Å². The van der Waals surface area contributed by atoms with Gasteiger partial charge in [0.15, 0.2) is 0 Å². The van der Waals surface area contributed by atoms with Gasteiger partial charge in [-0.25, -0.2) is 0 Å². The molecule has 3 heteroatoms. The first kappa shape index (κ1) is 9.96. The van der Waals surface area contributed by atoms with Crippen molar-refractivity contribution >= 4 is 0 Å². The average molecular weight is 173 g/mol. The lowest BCUT2D eigenvalue weighted by Crippen LogP contribution is -2.38. The third kappa shape index (κ3) is 3.52. The molecule has 0 bridgehead atoms. The van der Waals surface area contributed by atoms with E-state index in [-0.39, 0.29) is 0 Å². The summed E-state index contributed by atoms with van der Waals surface area (Å²) in [5, 5.41) is 3.47. The molecular weight excluding hydrogens is 154 g/mol. The molecule has 1 aliphatic heterocycles. The van der Waals surface area contributed by atoms with Crippen molar-refractivity contribution in [3.8, 4) is 0 Å². The molecule has 0 aliphatic carbocycles. The maximum absolute atomic E-state index is 5.26. The van der Waals surface area contributed by atoms with Crippen molar-refractivity contribution in [2.75, 3.05) is 26.9 Å². The summed E-state index contributed by atoms with van der Waals surface area (Å²) < 4.78 is 10.4. The van der Waals surface area contributed by atoms with E-state index in [4.69, 9.17) is 9.47 Å². The van der Waals surface area contributed by atoms with Crippen LogP contribution in [0.5, 0.6) is 0 Å². The molecule has 1 atom stereocenters. The van der Waals surface area contributed by atoms with Crippen LogP contribution in [-0.4, -0.2) is 39.0 Å². The second-order valence-corrected chi connectivity index (χ2v) is 3.34. The molecule has 0 spiro atoms. The standard InChI is InChI=1S/C9H19NO2/c1-8(11-2)7-10-9-3-5-12-6-4-9/h8-10H,3-7H2,1-2H3/t8-/m1/s1. The van der Waals surface area contributed by atoms with E-state index in [1.165, 1.54) is 0 Å². The van der Waals surface area contributed by atoms with Crippen LogP contribution < -0.4 is 5.32 Å². The van der Waals surface area contributed by atoms with Crippen LogP contribution in [0.2, 0.25) is 0 Å². The van der Waals surface area contributed by atoms with Crippen molar-refractivity contribution in [1.29, 1.82) is 0 Å². The molecular formula is C9H19NO2. The maximum Gasteiger partial charge on any atom is 0.0667 e. The predicted molar refractivity (Wildman–Crippen MR) is 48.3 cm³/mol. The molecule has 1 rings (SSSR count). The summed E-state index contributed by atoms with van der Waals surface area (Å²) in [7, 11) is 1.75. The normalized spacial score (nSPS) is 22.5. The Kier molecular flexibility index (Phi) is 4.58. The minimum atomic E-state index is 0.313. The lowest BCUT2D eigenvalue weighted by Gasteiger charge is -2.24. The molecule has 1 heterocycles. The monoisotopic (exact) mass is 173 g/mol. The van der Waals surface area contributed by atoms with Gasteiger partial charge < -0.3 is 14.8 Å². The summed E-state index contributed by atoms with van der Waals surface area (Å²) in [6.07, 6.45) is 2.58.